The van der Waals surface area contributed by atoms with Crippen LogP contribution >= 0.6 is 0 Å². The van der Waals surface area contributed by atoms with Gasteiger partial charge in [0.05, 0.1) is 40.3 Å². The Morgan fingerprint density at radius 1 is 0.517 bits per heavy atom. The number of hydrogen-bond donors (Lipinski definition) is 0. The van der Waals surface area contributed by atoms with E-state index in [1.807, 2.05) is 0 Å². The van der Waals surface area contributed by atoms with Crippen LogP contribution in [0, 0.1) is 0 Å². The quantitative estimate of drug-likeness (QED) is 0.0262. The lowest BCUT2D eigenvalue weighted by Gasteiger charge is -2.34. The molecule has 0 rings (SSSR count). The molecule has 0 aromatic heterocycles. The monoisotopic (exact) mass is 814 g/mol. The number of carboxylic acid groups (broad SMARTS) is 1. The molecule has 0 aromatic carbocycles. The van der Waals surface area contributed by atoms with E-state index in [-0.39, 0.29) is 49.1 Å². The first-order valence-electron chi connectivity index (χ1n) is 23.3. The summed E-state index contributed by atoms with van der Waals surface area (Å²) in [6.45, 7) is 4.57. The van der Waals surface area contributed by atoms with Crippen molar-refractivity contribution in [3.63, 3.8) is 0 Å². The van der Waals surface area contributed by atoms with E-state index in [0.717, 1.165) is 44.9 Å². The van der Waals surface area contributed by atoms with Gasteiger partial charge in [0.2, 0.25) is 0 Å². The summed E-state index contributed by atoms with van der Waals surface area (Å²) >= 11 is 0. The number of quaternary nitrogens is 1. The van der Waals surface area contributed by atoms with Crippen molar-refractivity contribution in [3.8, 4) is 0 Å². The highest BCUT2D eigenvalue weighted by Gasteiger charge is 2.25. The average molecular weight is 814 g/mol. The molecule has 0 bridgehead atoms. The Labute approximate surface area is 356 Å². The Morgan fingerprint density at radius 3 is 1.45 bits per heavy atom. The maximum Gasteiger partial charge on any atom is 0.306 e. The summed E-state index contributed by atoms with van der Waals surface area (Å²) in [6.07, 6.45) is 49.6. The first-order valence-corrected chi connectivity index (χ1v) is 23.3. The minimum absolute atomic E-state index is 0.0202. The van der Waals surface area contributed by atoms with Crippen LogP contribution in [0.25, 0.3) is 0 Å². The molecule has 0 aromatic rings. The van der Waals surface area contributed by atoms with Crippen molar-refractivity contribution in [2.45, 2.75) is 199 Å². The van der Waals surface area contributed by atoms with Crippen molar-refractivity contribution >= 4 is 17.9 Å². The van der Waals surface area contributed by atoms with Crippen LogP contribution in [0.4, 0.5) is 0 Å². The SMILES string of the molecule is CCCCC/C=C/C/C=C/C/C=C/C/C=C/CCCC(=O)OCC(COCCC(C(=O)[O-])[N+](C)(C)C)OC(=O)CCCCCCCCC/C=C/CCCCCCCC. The Hall–Kier alpha value is -2.97. The number of hydrogen-bond acceptors (Lipinski definition) is 7. The number of esters is 2. The number of unbranched alkanes of at least 4 members (excludes halogenated alkanes) is 17. The number of allylic oxidation sites excluding steroid dienone is 10. The molecule has 0 aliphatic carbocycles. The van der Waals surface area contributed by atoms with Crippen molar-refractivity contribution in [2.24, 2.45) is 0 Å². The summed E-state index contributed by atoms with van der Waals surface area (Å²) in [5, 5.41) is 11.6. The van der Waals surface area contributed by atoms with E-state index < -0.39 is 18.1 Å². The topological polar surface area (TPSA) is 102 Å². The Morgan fingerprint density at radius 2 is 0.931 bits per heavy atom. The molecule has 8 heteroatoms. The third-order valence-electron chi connectivity index (χ3n) is 10.1. The van der Waals surface area contributed by atoms with Crippen molar-refractivity contribution in [1.29, 1.82) is 0 Å². The lowest BCUT2D eigenvalue weighted by atomic mass is 10.1. The third kappa shape index (κ3) is 38.5. The average Bonchev–Trinajstić information content (AvgIpc) is 3.18. The summed E-state index contributed by atoms with van der Waals surface area (Å²) in [5.41, 5.74) is 0. The fourth-order valence-electron chi connectivity index (χ4n) is 6.47. The summed E-state index contributed by atoms with van der Waals surface area (Å²) in [6, 6.07) is -0.736. The number of carbonyl (C=O) groups is 3. The minimum atomic E-state index is -1.13. The second-order valence-corrected chi connectivity index (χ2v) is 16.6. The molecule has 8 nitrogen and oxygen atoms in total. The van der Waals surface area contributed by atoms with Crippen LogP contribution in [-0.4, -0.2) is 75.5 Å². The number of ether oxygens (including phenoxy) is 3. The van der Waals surface area contributed by atoms with Gasteiger partial charge in [-0.15, -0.1) is 0 Å². The van der Waals surface area contributed by atoms with E-state index in [2.05, 4.69) is 74.6 Å². The molecule has 58 heavy (non-hydrogen) atoms. The summed E-state index contributed by atoms with van der Waals surface area (Å²) in [5.74, 6) is -1.81. The van der Waals surface area contributed by atoms with Crippen LogP contribution in [0.5, 0.6) is 0 Å². The summed E-state index contributed by atoms with van der Waals surface area (Å²) in [7, 11) is 5.39. The van der Waals surface area contributed by atoms with Crippen LogP contribution in [0.1, 0.15) is 187 Å². The molecule has 0 heterocycles. The van der Waals surface area contributed by atoms with Crippen molar-refractivity contribution in [1.82, 2.24) is 0 Å². The molecule has 0 N–H and O–H groups in total. The molecular formula is C50H87NO7. The van der Waals surface area contributed by atoms with Crippen molar-refractivity contribution < 1.29 is 38.2 Å². The van der Waals surface area contributed by atoms with Gasteiger partial charge in [0.15, 0.2) is 6.10 Å². The third-order valence-corrected chi connectivity index (χ3v) is 10.1. The molecule has 2 unspecified atom stereocenters. The van der Waals surface area contributed by atoms with Gasteiger partial charge in [-0.05, 0) is 77.0 Å². The van der Waals surface area contributed by atoms with Gasteiger partial charge < -0.3 is 28.6 Å². The lowest BCUT2D eigenvalue weighted by molar-refractivity contribution is -0.889. The van der Waals surface area contributed by atoms with Gasteiger partial charge in [-0.2, -0.15) is 0 Å². The molecule has 0 radical (unpaired) electrons. The molecule has 2 atom stereocenters. The summed E-state index contributed by atoms with van der Waals surface area (Å²) < 4.78 is 17.1. The van der Waals surface area contributed by atoms with Gasteiger partial charge in [-0.3, -0.25) is 9.59 Å². The van der Waals surface area contributed by atoms with E-state index in [4.69, 9.17) is 14.2 Å². The van der Waals surface area contributed by atoms with Crippen LogP contribution in [0.3, 0.4) is 0 Å². The largest absolute Gasteiger partial charge is 0.544 e. The Balaban J connectivity index is 4.42. The minimum Gasteiger partial charge on any atom is -0.544 e. The summed E-state index contributed by atoms with van der Waals surface area (Å²) in [4.78, 5) is 36.9. The molecule has 0 aliphatic rings. The molecule has 0 aliphatic heterocycles. The fraction of sp³-hybridized carbons (Fsp3) is 0.740. The first-order chi connectivity index (χ1) is 28.1. The smallest absolute Gasteiger partial charge is 0.306 e. The number of aliphatic carboxylic acids is 1. The normalized spacial score (nSPS) is 13.5. The fourth-order valence-corrected chi connectivity index (χ4v) is 6.47. The molecule has 0 spiro atoms. The molecule has 334 valence electrons. The Bertz CT molecular complexity index is 1130. The van der Waals surface area contributed by atoms with E-state index in [1.54, 1.807) is 21.1 Å². The van der Waals surface area contributed by atoms with Crippen LogP contribution in [0.15, 0.2) is 60.8 Å². The van der Waals surface area contributed by atoms with Gasteiger partial charge >= 0.3 is 11.9 Å². The molecule has 0 saturated carbocycles. The molecule has 0 amide bonds. The highest BCUT2D eigenvalue weighted by molar-refractivity contribution is 5.70. The zero-order valence-corrected chi connectivity index (χ0v) is 37.9. The number of likely N-dealkylation sites (N-methyl/N-ethyl adjacent to an activating group) is 1. The maximum atomic E-state index is 12.7. The van der Waals surface area contributed by atoms with E-state index in [9.17, 15) is 19.5 Å². The first kappa shape index (κ1) is 55.0. The van der Waals surface area contributed by atoms with Crippen LogP contribution in [-0.2, 0) is 28.6 Å². The zero-order valence-electron chi connectivity index (χ0n) is 37.9. The van der Waals surface area contributed by atoms with Gasteiger partial charge in [0, 0.05) is 19.3 Å². The second kappa shape index (κ2) is 40.8. The molecule has 0 saturated heterocycles. The van der Waals surface area contributed by atoms with Gasteiger partial charge in [0.25, 0.3) is 0 Å². The highest BCUT2D eigenvalue weighted by Crippen LogP contribution is 2.13. The number of rotatable bonds is 41. The van der Waals surface area contributed by atoms with Crippen LogP contribution < -0.4 is 5.11 Å². The second-order valence-electron chi connectivity index (χ2n) is 16.6. The number of carbonyl (C=O) groups excluding carboxylic acids is 3. The van der Waals surface area contributed by atoms with E-state index in [0.29, 0.717) is 12.8 Å². The molecular weight excluding hydrogens is 727 g/mol. The number of carboxylic acids is 1. The highest BCUT2D eigenvalue weighted by atomic mass is 16.6. The van der Waals surface area contributed by atoms with Gasteiger partial charge in [-0.25, -0.2) is 0 Å². The van der Waals surface area contributed by atoms with Crippen molar-refractivity contribution in [3.05, 3.63) is 60.8 Å². The van der Waals surface area contributed by atoms with E-state index >= 15 is 0 Å². The van der Waals surface area contributed by atoms with Crippen molar-refractivity contribution in [2.75, 3.05) is 41.0 Å². The molecule has 0 fully saturated rings. The maximum absolute atomic E-state index is 12.7. The zero-order chi connectivity index (χ0) is 42.8. The Kier molecular flexibility index (Phi) is 38.7. The predicted octanol–water partition coefficient (Wildman–Crippen LogP) is 11.6. The lowest BCUT2D eigenvalue weighted by Crippen LogP contribution is -2.55. The van der Waals surface area contributed by atoms with Gasteiger partial charge in [0.1, 0.15) is 12.6 Å². The van der Waals surface area contributed by atoms with E-state index in [1.165, 1.54) is 103 Å². The van der Waals surface area contributed by atoms with Crippen LogP contribution in [0.2, 0.25) is 0 Å². The van der Waals surface area contributed by atoms with Gasteiger partial charge in [-0.1, -0.05) is 152 Å². The number of nitrogens with zero attached hydrogens (tertiary/aromatic N) is 1. The predicted molar refractivity (Wildman–Crippen MR) is 240 cm³/mol. The standard InChI is InChI=1S/C50H87NO7/c1-6-8-10-12-14-16-18-20-22-24-26-28-30-32-34-36-38-40-48(52)57-45-46(44-56-43-42-47(50(54)55)51(3,4)5)58-49(53)41-39-37-35-33-31-29-27-25-23-21-19-17-15-13-11-9-7-2/h14,16,20-23,26,28,32,34,46-47H,6-13,15,17-19,24-25,27,29-31,33,35-45H2,1-5H3/b16-14+,22-20+,23-21+,28-26+,34-32+.